The molecule has 1 aliphatic heterocycles. The van der Waals surface area contributed by atoms with Crippen LogP contribution in [0.2, 0.25) is 0 Å². The van der Waals surface area contributed by atoms with Crippen LogP contribution in [0.5, 0.6) is 0 Å². The summed E-state index contributed by atoms with van der Waals surface area (Å²) in [4.78, 5) is 17.8. The fraction of sp³-hybridized carbons (Fsp3) is 0.625. The highest BCUT2D eigenvalue weighted by Crippen LogP contribution is 2.35. The second-order valence-electron chi connectivity index (χ2n) is 6.44. The molecule has 1 saturated carbocycles. The smallest absolute Gasteiger partial charge is 0.223 e. The van der Waals surface area contributed by atoms with E-state index in [1.54, 1.807) is 6.33 Å². The first-order valence-electron chi connectivity index (χ1n) is 8.35. The summed E-state index contributed by atoms with van der Waals surface area (Å²) in [6.45, 7) is 4.73. The number of nitrogens with zero attached hydrogens (tertiary/aromatic N) is 6. The molecule has 2 aromatic heterocycles. The highest BCUT2D eigenvalue weighted by molar-refractivity contribution is 5.41. The molecule has 2 fully saturated rings. The Labute approximate surface area is 135 Å². The van der Waals surface area contributed by atoms with E-state index < -0.39 is 0 Å². The zero-order valence-corrected chi connectivity index (χ0v) is 13.4. The Bertz CT molecular complexity index is 633. The number of aryl methyl sites for hydroxylation is 1. The molecule has 1 saturated heterocycles. The first kappa shape index (κ1) is 14.6. The average Bonchev–Trinajstić information content (AvgIpc) is 3.33. The summed E-state index contributed by atoms with van der Waals surface area (Å²) in [7, 11) is 0. The summed E-state index contributed by atoms with van der Waals surface area (Å²) in [6, 6.07) is 3.27. The molecule has 0 amide bonds. The Balaban J connectivity index is 1.38. The number of rotatable bonds is 5. The van der Waals surface area contributed by atoms with Crippen LogP contribution in [0.25, 0.3) is 0 Å². The van der Waals surface area contributed by atoms with Crippen molar-refractivity contribution in [1.82, 2.24) is 25.0 Å². The third kappa shape index (κ3) is 3.34. The number of anilines is 1. The van der Waals surface area contributed by atoms with E-state index in [1.807, 2.05) is 19.2 Å². The van der Waals surface area contributed by atoms with Crippen LogP contribution < -0.4 is 4.90 Å². The molecule has 0 aromatic carbocycles. The van der Waals surface area contributed by atoms with Gasteiger partial charge in [0.05, 0.1) is 6.54 Å². The third-order valence-electron chi connectivity index (χ3n) is 4.66. The minimum Gasteiger partial charge on any atom is -0.350 e. The maximum Gasteiger partial charge on any atom is 0.223 e. The van der Waals surface area contributed by atoms with E-state index in [0.29, 0.717) is 18.0 Å². The van der Waals surface area contributed by atoms with E-state index in [-0.39, 0.29) is 0 Å². The van der Waals surface area contributed by atoms with Gasteiger partial charge in [-0.2, -0.15) is 4.98 Å². The van der Waals surface area contributed by atoms with Gasteiger partial charge in [0, 0.05) is 38.3 Å². The molecule has 2 aliphatic rings. The number of hydrogen-bond acceptors (Lipinski definition) is 7. The van der Waals surface area contributed by atoms with Gasteiger partial charge < -0.3 is 9.42 Å². The van der Waals surface area contributed by atoms with Crippen LogP contribution >= 0.6 is 0 Å². The monoisotopic (exact) mass is 314 g/mol. The van der Waals surface area contributed by atoms with Crippen LogP contribution in [0.3, 0.4) is 0 Å². The van der Waals surface area contributed by atoms with E-state index in [1.165, 1.54) is 12.8 Å². The minimum absolute atomic E-state index is 0.570. The van der Waals surface area contributed by atoms with Crippen LogP contribution in [0, 0.1) is 6.92 Å². The van der Waals surface area contributed by atoms with Gasteiger partial charge in [0.1, 0.15) is 12.1 Å². The van der Waals surface area contributed by atoms with E-state index in [9.17, 15) is 0 Å². The normalized spacial score (nSPS) is 19.9. The number of likely N-dealkylation sites (tertiary alicyclic amines) is 1. The van der Waals surface area contributed by atoms with Gasteiger partial charge in [-0.05, 0) is 31.7 Å². The van der Waals surface area contributed by atoms with Crippen LogP contribution in [-0.4, -0.2) is 50.2 Å². The number of aromatic nitrogens is 4. The summed E-state index contributed by atoms with van der Waals surface area (Å²) < 4.78 is 5.05. The van der Waals surface area contributed by atoms with Crippen molar-refractivity contribution < 1.29 is 4.52 Å². The summed E-state index contributed by atoms with van der Waals surface area (Å²) in [5, 5.41) is 3.99. The first-order chi connectivity index (χ1) is 11.3. The van der Waals surface area contributed by atoms with Crippen molar-refractivity contribution in [2.75, 3.05) is 18.0 Å². The molecule has 0 bridgehead atoms. The van der Waals surface area contributed by atoms with Crippen molar-refractivity contribution in [3.63, 3.8) is 0 Å². The van der Waals surface area contributed by atoms with Gasteiger partial charge >= 0.3 is 0 Å². The third-order valence-corrected chi connectivity index (χ3v) is 4.66. The molecule has 3 heterocycles. The molecule has 7 heteroatoms. The Hall–Kier alpha value is -2.02. The molecule has 122 valence electrons. The molecule has 2 aromatic rings. The van der Waals surface area contributed by atoms with Gasteiger partial charge in [0.15, 0.2) is 5.82 Å². The predicted molar refractivity (Wildman–Crippen MR) is 84.9 cm³/mol. The van der Waals surface area contributed by atoms with Crippen molar-refractivity contribution in [3.8, 4) is 0 Å². The lowest BCUT2D eigenvalue weighted by molar-refractivity contribution is 0.194. The van der Waals surface area contributed by atoms with Crippen molar-refractivity contribution in [3.05, 3.63) is 30.3 Å². The van der Waals surface area contributed by atoms with Crippen LogP contribution in [0.15, 0.2) is 23.1 Å². The van der Waals surface area contributed by atoms with Crippen molar-refractivity contribution >= 4 is 5.82 Å². The Kier molecular flexibility index (Phi) is 3.95. The molecule has 0 radical (unpaired) electrons. The lowest BCUT2D eigenvalue weighted by Gasteiger charge is -2.39. The fourth-order valence-electron chi connectivity index (χ4n) is 3.42. The summed E-state index contributed by atoms with van der Waals surface area (Å²) >= 11 is 0. The lowest BCUT2D eigenvalue weighted by Crippen LogP contribution is -2.46. The fourth-order valence-corrected chi connectivity index (χ4v) is 3.42. The highest BCUT2D eigenvalue weighted by atomic mass is 16.5. The quantitative estimate of drug-likeness (QED) is 0.833. The van der Waals surface area contributed by atoms with Crippen LogP contribution in [0.1, 0.15) is 37.4 Å². The van der Waals surface area contributed by atoms with Crippen LogP contribution in [0.4, 0.5) is 5.82 Å². The molecule has 23 heavy (non-hydrogen) atoms. The van der Waals surface area contributed by atoms with Crippen molar-refractivity contribution in [2.24, 2.45) is 0 Å². The number of piperidine rings is 1. The minimum atomic E-state index is 0.570. The highest BCUT2D eigenvalue weighted by Gasteiger charge is 2.36. The second kappa shape index (κ2) is 6.23. The van der Waals surface area contributed by atoms with E-state index in [2.05, 4.69) is 29.9 Å². The molecule has 0 N–H and O–H groups in total. The lowest BCUT2D eigenvalue weighted by atomic mass is 10.0. The molecule has 1 aliphatic carbocycles. The van der Waals surface area contributed by atoms with Crippen molar-refractivity contribution in [2.45, 2.75) is 51.2 Å². The maximum atomic E-state index is 5.05. The van der Waals surface area contributed by atoms with Gasteiger partial charge in [-0.1, -0.05) is 5.16 Å². The van der Waals surface area contributed by atoms with Crippen LogP contribution in [-0.2, 0) is 6.54 Å². The van der Waals surface area contributed by atoms with Gasteiger partial charge in [0.25, 0.3) is 0 Å². The molecule has 0 atom stereocenters. The summed E-state index contributed by atoms with van der Waals surface area (Å²) in [5.74, 6) is 2.50. The van der Waals surface area contributed by atoms with Gasteiger partial charge in [0.2, 0.25) is 5.89 Å². The average molecular weight is 314 g/mol. The molecular formula is C16H22N6O. The molecule has 4 rings (SSSR count). The van der Waals surface area contributed by atoms with Crippen molar-refractivity contribution in [1.29, 1.82) is 0 Å². The molecule has 0 spiro atoms. The standard InChI is InChI=1S/C16H22N6O/c1-12-19-15(20-23-12)10-21-8-5-14(6-9-21)22(13-2-3-13)16-4-7-17-11-18-16/h4,7,11,13-14H,2-3,5-6,8-10H2,1H3. The second-order valence-corrected chi connectivity index (χ2v) is 6.44. The van der Waals surface area contributed by atoms with E-state index in [0.717, 1.165) is 44.1 Å². The summed E-state index contributed by atoms with van der Waals surface area (Å²) in [6.07, 6.45) is 8.36. The Morgan fingerprint density at radius 3 is 2.61 bits per heavy atom. The van der Waals surface area contributed by atoms with E-state index >= 15 is 0 Å². The first-order valence-corrected chi connectivity index (χ1v) is 8.35. The van der Waals surface area contributed by atoms with Gasteiger partial charge in [-0.15, -0.1) is 0 Å². The Morgan fingerprint density at radius 1 is 1.22 bits per heavy atom. The summed E-state index contributed by atoms with van der Waals surface area (Å²) in [5.41, 5.74) is 0. The molecular weight excluding hydrogens is 292 g/mol. The maximum absolute atomic E-state index is 5.05. The van der Waals surface area contributed by atoms with Gasteiger partial charge in [-0.3, -0.25) is 4.90 Å². The van der Waals surface area contributed by atoms with Gasteiger partial charge in [-0.25, -0.2) is 9.97 Å². The number of hydrogen-bond donors (Lipinski definition) is 0. The SMILES string of the molecule is Cc1nc(CN2CCC(N(c3ccncn3)C3CC3)CC2)no1. The topological polar surface area (TPSA) is 71.2 Å². The molecule has 0 unspecified atom stereocenters. The zero-order valence-electron chi connectivity index (χ0n) is 13.4. The van der Waals surface area contributed by atoms with E-state index in [4.69, 9.17) is 4.52 Å². The predicted octanol–water partition coefficient (Wildman–Crippen LogP) is 1.80. The Morgan fingerprint density at radius 2 is 2.00 bits per heavy atom. The zero-order chi connectivity index (χ0) is 15.6. The largest absolute Gasteiger partial charge is 0.350 e. The molecule has 7 nitrogen and oxygen atoms in total.